The number of amides is 1. The molecule has 2 aliphatic heterocycles. The number of ether oxygens (including phenoxy) is 1. The molecule has 7 nitrogen and oxygen atoms in total. The molecular weight excluding hydrogens is 402 g/mol. The molecule has 2 aliphatic rings. The topological polar surface area (TPSA) is 79.0 Å². The Hall–Kier alpha value is -1.35. The molecule has 1 amide bonds. The number of benzene rings is 1. The molecule has 0 bridgehead atoms. The van der Waals surface area contributed by atoms with Crippen molar-refractivity contribution in [2.45, 2.75) is 43.0 Å². The van der Waals surface area contributed by atoms with E-state index in [0.29, 0.717) is 24.4 Å². The summed E-state index contributed by atoms with van der Waals surface area (Å²) >= 11 is 0. The fraction of sp³-hybridized carbons (Fsp3) is 0.632. The van der Waals surface area contributed by atoms with E-state index in [4.69, 9.17) is 4.74 Å². The highest BCUT2D eigenvalue weighted by atomic mass is 35.5. The van der Waals surface area contributed by atoms with Crippen LogP contribution in [0.25, 0.3) is 0 Å². The Bertz CT molecular complexity index is 773. The number of methoxy groups -OCH3 is 1. The first-order valence-corrected chi connectivity index (χ1v) is 11.0. The number of carbonyl (C=O) groups excluding carboxylic acids is 1. The van der Waals surface area contributed by atoms with Crippen molar-refractivity contribution in [3.05, 3.63) is 23.8 Å². The number of carbonyl (C=O) groups is 1. The van der Waals surface area contributed by atoms with Gasteiger partial charge >= 0.3 is 0 Å². The summed E-state index contributed by atoms with van der Waals surface area (Å²) in [7, 11) is -0.365. The van der Waals surface area contributed by atoms with Crippen molar-refractivity contribution >= 4 is 28.3 Å². The number of nitrogens with zero attached hydrogens (tertiary/aromatic N) is 2. The van der Waals surface area contributed by atoms with Gasteiger partial charge in [0.25, 0.3) is 5.91 Å². The smallest absolute Gasteiger partial charge is 0.257 e. The van der Waals surface area contributed by atoms with Crippen LogP contribution in [0.2, 0.25) is 0 Å². The predicted molar refractivity (Wildman–Crippen MR) is 111 cm³/mol. The molecule has 158 valence electrons. The Labute approximate surface area is 173 Å². The van der Waals surface area contributed by atoms with Crippen molar-refractivity contribution < 1.29 is 17.9 Å². The maximum atomic E-state index is 13.1. The lowest BCUT2D eigenvalue weighted by molar-refractivity contribution is 0.0740. The van der Waals surface area contributed by atoms with E-state index in [1.165, 1.54) is 19.2 Å². The fourth-order valence-electron chi connectivity index (χ4n) is 3.77. The first kappa shape index (κ1) is 22.9. The summed E-state index contributed by atoms with van der Waals surface area (Å²) in [5.41, 5.74) is 0.294. The molecule has 9 heteroatoms. The maximum Gasteiger partial charge on any atom is 0.257 e. The summed E-state index contributed by atoms with van der Waals surface area (Å²) in [5.74, 6) is 0.182. The van der Waals surface area contributed by atoms with Crippen LogP contribution in [0.1, 0.15) is 42.5 Å². The number of hydrogen-bond donors (Lipinski definition) is 1. The molecule has 0 radical (unpaired) electrons. The van der Waals surface area contributed by atoms with Gasteiger partial charge in [-0.15, -0.1) is 12.4 Å². The number of likely N-dealkylation sites (N-methyl/N-ethyl adjacent to an activating group) is 1. The molecule has 0 saturated carbocycles. The van der Waals surface area contributed by atoms with Gasteiger partial charge in [0.1, 0.15) is 5.75 Å². The van der Waals surface area contributed by atoms with Gasteiger partial charge in [0.15, 0.2) is 0 Å². The van der Waals surface area contributed by atoms with Crippen LogP contribution >= 0.6 is 12.4 Å². The van der Waals surface area contributed by atoms with Gasteiger partial charge in [-0.2, -0.15) is 4.31 Å². The van der Waals surface area contributed by atoms with Crippen molar-refractivity contribution in [3.63, 3.8) is 0 Å². The Morgan fingerprint density at radius 1 is 1.21 bits per heavy atom. The van der Waals surface area contributed by atoms with Gasteiger partial charge < -0.3 is 15.0 Å². The van der Waals surface area contributed by atoms with Gasteiger partial charge in [0.2, 0.25) is 10.0 Å². The Balaban J connectivity index is 0.00000280. The summed E-state index contributed by atoms with van der Waals surface area (Å²) < 4.78 is 33.1. The van der Waals surface area contributed by atoms with E-state index in [1.54, 1.807) is 22.3 Å². The Kier molecular flexibility index (Phi) is 8.12. The Morgan fingerprint density at radius 2 is 1.89 bits per heavy atom. The second kappa shape index (κ2) is 9.91. The third-order valence-electron chi connectivity index (χ3n) is 5.51. The third kappa shape index (κ3) is 4.79. The van der Waals surface area contributed by atoms with Gasteiger partial charge in [0.05, 0.1) is 17.6 Å². The van der Waals surface area contributed by atoms with E-state index in [2.05, 4.69) is 5.32 Å². The molecule has 0 aliphatic carbocycles. The zero-order valence-corrected chi connectivity index (χ0v) is 18.2. The number of halogens is 1. The van der Waals surface area contributed by atoms with Gasteiger partial charge in [-0.3, -0.25) is 4.79 Å². The molecule has 1 atom stereocenters. The second-order valence-corrected chi connectivity index (χ2v) is 9.18. The van der Waals surface area contributed by atoms with E-state index >= 15 is 0 Å². The largest absolute Gasteiger partial charge is 0.496 e. The van der Waals surface area contributed by atoms with Crippen LogP contribution in [0, 0.1) is 0 Å². The summed E-state index contributed by atoms with van der Waals surface area (Å²) in [6, 6.07) is 4.69. The van der Waals surface area contributed by atoms with E-state index in [0.717, 1.165) is 45.2 Å². The lowest BCUT2D eigenvalue weighted by atomic mass is 10.1. The average molecular weight is 432 g/mol. The van der Waals surface area contributed by atoms with Crippen LogP contribution in [0.15, 0.2) is 23.1 Å². The minimum atomic E-state index is -3.62. The third-order valence-corrected chi connectivity index (χ3v) is 7.40. The molecule has 1 unspecified atom stereocenters. The van der Waals surface area contributed by atoms with E-state index in [-0.39, 0.29) is 29.3 Å². The monoisotopic (exact) mass is 431 g/mol. The van der Waals surface area contributed by atoms with Crippen LogP contribution in [0.3, 0.4) is 0 Å². The molecule has 1 aromatic carbocycles. The van der Waals surface area contributed by atoms with Crippen molar-refractivity contribution in [1.82, 2.24) is 14.5 Å². The predicted octanol–water partition coefficient (Wildman–Crippen LogP) is 2.12. The number of sulfonamides is 1. The SMILES string of the molecule is COc1ccc(S(=O)(=O)N2CCCCCC2)cc1C(=O)N(C)C1CCNC1.Cl. The molecule has 1 aromatic rings. The van der Waals surface area contributed by atoms with Gasteiger partial charge in [-0.05, 0) is 44.0 Å². The van der Waals surface area contributed by atoms with E-state index < -0.39 is 10.0 Å². The van der Waals surface area contributed by atoms with E-state index in [1.807, 2.05) is 0 Å². The molecule has 3 rings (SSSR count). The van der Waals surface area contributed by atoms with Crippen LogP contribution in [0.4, 0.5) is 0 Å². The second-order valence-electron chi connectivity index (χ2n) is 7.24. The average Bonchev–Trinajstić information content (AvgIpc) is 3.07. The maximum absolute atomic E-state index is 13.1. The van der Waals surface area contributed by atoms with Gasteiger partial charge in [-0.25, -0.2) is 8.42 Å². The highest BCUT2D eigenvalue weighted by molar-refractivity contribution is 7.89. The molecular formula is C19H30ClN3O4S. The zero-order chi connectivity index (χ0) is 19.4. The quantitative estimate of drug-likeness (QED) is 0.772. The van der Waals surface area contributed by atoms with E-state index in [9.17, 15) is 13.2 Å². The zero-order valence-electron chi connectivity index (χ0n) is 16.5. The minimum absolute atomic E-state index is 0. The molecule has 1 N–H and O–H groups in total. The lowest BCUT2D eigenvalue weighted by Gasteiger charge is -2.25. The van der Waals surface area contributed by atoms with Crippen LogP contribution < -0.4 is 10.1 Å². The van der Waals surface area contributed by atoms with Crippen molar-refractivity contribution in [2.75, 3.05) is 40.3 Å². The van der Waals surface area contributed by atoms with Crippen LogP contribution in [-0.2, 0) is 10.0 Å². The number of nitrogens with one attached hydrogen (secondary N) is 1. The lowest BCUT2D eigenvalue weighted by Crippen LogP contribution is -2.38. The number of rotatable bonds is 5. The van der Waals surface area contributed by atoms with Gasteiger partial charge in [0, 0.05) is 32.7 Å². The van der Waals surface area contributed by atoms with Crippen molar-refractivity contribution in [1.29, 1.82) is 0 Å². The molecule has 2 saturated heterocycles. The molecule has 2 heterocycles. The Morgan fingerprint density at radius 3 is 2.46 bits per heavy atom. The summed E-state index contributed by atoms with van der Waals surface area (Å²) in [6.45, 7) is 2.69. The fourth-order valence-corrected chi connectivity index (χ4v) is 5.32. The first-order chi connectivity index (χ1) is 12.9. The minimum Gasteiger partial charge on any atom is -0.496 e. The molecule has 28 heavy (non-hydrogen) atoms. The normalized spacial score (nSPS) is 20.9. The molecule has 0 aromatic heterocycles. The van der Waals surface area contributed by atoms with Crippen LogP contribution in [-0.4, -0.2) is 69.9 Å². The van der Waals surface area contributed by atoms with Gasteiger partial charge in [-0.1, -0.05) is 12.8 Å². The summed E-state index contributed by atoms with van der Waals surface area (Å²) in [6.07, 6.45) is 4.74. The summed E-state index contributed by atoms with van der Waals surface area (Å²) in [4.78, 5) is 14.9. The van der Waals surface area contributed by atoms with Crippen molar-refractivity contribution in [3.8, 4) is 5.75 Å². The highest BCUT2D eigenvalue weighted by Gasteiger charge is 2.30. The first-order valence-electron chi connectivity index (χ1n) is 9.61. The number of hydrogen-bond acceptors (Lipinski definition) is 5. The molecule has 2 fully saturated rings. The summed E-state index contributed by atoms with van der Waals surface area (Å²) in [5, 5.41) is 3.25. The highest BCUT2D eigenvalue weighted by Crippen LogP contribution is 2.27. The van der Waals surface area contributed by atoms with Crippen molar-refractivity contribution in [2.24, 2.45) is 0 Å². The van der Waals surface area contributed by atoms with Crippen LogP contribution in [0.5, 0.6) is 5.75 Å². The molecule has 0 spiro atoms. The standard InChI is InChI=1S/C19H29N3O4S.ClH/c1-21(15-9-10-20-14-15)19(23)17-13-16(7-8-18(17)26-2)27(24,25)22-11-5-3-4-6-12-22;/h7-8,13,15,20H,3-6,9-12,14H2,1-2H3;1H.